The number of aryl methyl sites for hydroxylation is 1. The van der Waals surface area contributed by atoms with Gasteiger partial charge in [0, 0.05) is 11.9 Å². The molecule has 1 amide bonds. The Labute approximate surface area is 118 Å². The van der Waals surface area contributed by atoms with Crippen LogP contribution in [0.1, 0.15) is 5.56 Å². The van der Waals surface area contributed by atoms with Crippen LogP contribution in [0.4, 0.5) is 5.69 Å². The second-order valence-corrected chi connectivity index (χ2v) is 4.95. The van der Waals surface area contributed by atoms with Gasteiger partial charge in [0.2, 0.25) is 5.91 Å². The molecule has 98 valence electrons. The molecule has 1 aromatic heterocycles. The Morgan fingerprint density at radius 1 is 1.47 bits per heavy atom. The van der Waals surface area contributed by atoms with Gasteiger partial charge < -0.3 is 5.32 Å². The number of hydrogen-bond acceptors (Lipinski definition) is 3. The van der Waals surface area contributed by atoms with Gasteiger partial charge >= 0.3 is 0 Å². The van der Waals surface area contributed by atoms with Crippen LogP contribution in [0.25, 0.3) is 0 Å². The molecule has 0 saturated carbocycles. The minimum absolute atomic E-state index is 0.0702. The van der Waals surface area contributed by atoms with Crippen LogP contribution in [0.5, 0.6) is 0 Å². The van der Waals surface area contributed by atoms with Gasteiger partial charge in [0.1, 0.15) is 11.0 Å². The molecule has 1 heterocycles. The number of rotatable bonds is 3. The normalized spacial score (nSPS) is 10.2. The van der Waals surface area contributed by atoms with E-state index in [0.717, 1.165) is 5.56 Å². The molecule has 0 aliphatic carbocycles. The van der Waals surface area contributed by atoms with E-state index in [4.69, 9.17) is 0 Å². The van der Waals surface area contributed by atoms with Crippen molar-refractivity contribution in [1.82, 2.24) is 9.55 Å². The molecule has 1 aromatic carbocycles. The number of nitrogens with one attached hydrogen (secondary N) is 1. The minimum Gasteiger partial charge on any atom is -0.325 e. The third-order valence-corrected chi connectivity index (χ3v) is 3.02. The lowest BCUT2D eigenvalue weighted by Gasteiger charge is -2.07. The standard InChI is InChI=1S/C13H12BrN3O2/c1-9-3-2-4-10(5-9)16-12(18)7-17-8-15-6-11(14)13(17)19/h2-6,8H,7H2,1H3,(H,16,18). The molecular formula is C13H12BrN3O2. The van der Waals surface area contributed by atoms with Crippen LogP contribution in [0.15, 0.2) is 46.1 Å². The third kappa shape index (κ3) is 3.51. The Morgan fingerprint density at radius 2 is 2.26 bits per heavy atom. The largest absolute Gasteiger partial charge is 0.325 e. The van der Waals surface area contributed by atoms with E-state index >= 15 is 0 Å². The van der Waals surface area contributed by atoms with Crippen LogP contribution in [-0.2, 0) is 11.3 Å². The van der Waals surface area contributed by atoms with Crippen LogP contribution in [0.2, 0.25) is 0 Å². The van der Waals surface area contributed by atoms with Gasteiger partial charge in [-0.2, -0.15) is 0 Å². The third-order valence-electron chi connectivity index (χ3n) is 2.47. The van der Waals surface area contributed by atoms with E-state index in [1.54, 1.807) is 6.07 Å². The van der Waals surface area contributed by atoms with Gasteiger partial charge in [-0.3, -0.25) is 14.2 Å². The number of aromatic nitrogens is 2. The zero-order valence-corrected chi connectivity index (χ0v) is 11.8. The van der Waals surface area contributed by atoms with Crippen molar-refractivity contribution < 1.29 is 4.79 Å². The van der Waals surface area contributed by atoms with Crippen molar-refractivity contribution in [2.45, 2.75) is 13.5 Å². The molecule has 0 aliphatic heterocycles. The van der Waals surface area contributed by atoms with Crippen molar-refractivity contribution in [2.24, 2.45) is 0 Å². The molecular weight excluding hydrogens is 310 g/mol. The second kappa shape index (κ2) is 5.79. The summed E-state index contributed by atoms with van der Waals surface area (Å²) in [6.45, 7) is 1.87. The van der Waals surface area contributed by atoms with E-state index in [0.29, 0.717) is 10.2 Å². The SMILES string of the molecule is Cc1cccc(NC(=O)Cn2cncc(Br)c2=O)c1. The van der Waals surface area contributed by atoms with Gasteiger partial charge in [-0.15, -0.1) is 0 Å². The first-order valence-electron chi connectivity index (χ1n) is 5.63. The fraction of sp³-hybridized carbons (Fsp3) is 0.154. The van der Waals surface area contributed by atoms with Gasteiger partial charge in [-0.25, -0.2) is 4.98 Å². The number of anilines is 1. The Hall–Kier alpha value is -1.95. The van der Waals surface area contributed by atoms with Crippen molar-refractivity contribution in [3.05, 3.63) is 57.2 Å². The summed E-state index contributed by atoms with van der Waals surface area (Å²) in [6, 6.07) is 7.46. The summed E-state index contributed by atoms with van der Waals surface area (Å²) in [5.41, 5.74) is 1.48. The van der Waals surface area contributed by atoms with E-state index in [1.807, 2.05) is 25.1 Å². The number of halogens is 1. The molecule has 0 bridgehead atoms. The fourth-order valence-electron chi connectivity index (χ4n) is 1.61. The maximum absolute atomic E-state index is 11.8. The first-order chi connectivity index (χ1) is 9.06. The number of hydrogen-bond donors (Lipinski definition) is 1. The van der Waals surface area contributed by atoms with Crippen LogP contribution in [0, 0.1) is 6.92 Å². The second-order valence-electron chi connectivity index (χ2n) is 4.09. The Bertz CT molecular complexity index is 667. The van der Waals surface area contributed by atoms with Crippen LogP contribution >= 0.6 is 15.9 Å². The highest BCUT2D eigenvalue weighted by Gasteiger charge is 2.07. The topological polar surface area (TPSA) is 64.0 Å². The lowest BCUT2D eigenvalue weighted by Crippen LogP contribution is -2.28. The molecule has 0 aliphatic rings. The summed E-state index contributed by atoms with van der Waals surface area (Å²) >= 11 is 3.08. The Morgan fingerprint density at radius 3 is 3.00 bits per heavy atom. The lowest BCUT2D eigenvalue weighted by molar-refractivity contribution is -0.116. The monoisotopic (exact) mass is 321 g/mol. The van der Waals surface area contributed by atoms with Crippen molar-refractivity contribution in [3.63, 3.8) is 0 Å². The quantitative estimate of drug-likeness (QED) is 0.939. The molecule has 1 N–H and O–H groups in total. The highest BCUT2D eigenvalue weighted by Crippen LogP contribution is 2.09. The molecule has 19 heavy (non-hydrogen) atoms. The molecule has 2 rings (SSSR count). The van der Waals surface area contributed by atoms with Crippen molar-refractivity contribution >= 4 is 27.5 Å². The molecule has 0 spiro atoms. The first-order valence-corrected chi connectivity index (χ1v) is 6.42. The number of carbonyl (C=O) groups is 1. The minimum atomic E-state index is -0.283. The average Bonchev–Trinajstić information content (AvgIpc) is 2.35. The predicted molar refractivity (Wildman–Crippen MR) is 76.0 cm³/mol. The maximum Gasteiger partial charge on any atom is 0.268 e. The lowest BCUT2D eigenvalue weighted by atomic mass is 10.2. The molecule has 0 unspecified atom stereocenters. The summed E-state index contributed by atoms with van der Waals surface area (Å²) < 4.78 is 1.58. The smallest absolute Gasteiger partial charge is 0.268 e. The highest BCUT2D eigenvalue weighted by molar-refractivity contribution is 9.10. The van der Waals surface area contributed by atoms with Crippen LogP contribution in [-0.4, -0.2) is 15.5 Å². The molecule has 6 heteroatoms. The van der Waals surface area contributed by atoms with E-state index < -0.39 is 0 Å². The van der Waals surface area contributed by atoms with Crippen LogP contribution in [0.3, 0.4) is 0 Å². The fourth-order valence-corrected chi connectivity index (χ4v) is 1.96. The average molecular weight is 322 g/mol. The maximum atomic E-state index is 11.8. The molecule has 0 saturated heterocycles. The van der Waals surface area contributed by atoms with Gasteiger partial charge in [0.05, 0.1) is 6.33 Å². The Kier molecular flexibility index (Phi) is 4.11. The van der Waals surface area contributed by atoms with Crippen LogP contribution < -0.4 is 10.9 Å². The van der Waals surface area contributed by atoms with Gasteiger partial charge in [-0.1, -0.05) is 12.1 Å². The van der Waals surface area contributed by atoms with Gasteiger partial charge in [0.25, 0.3) is 5.56 Å². The van der Waals surface area contributed by atoms with Gasteiger partial charge in [-0.05, 0) is 40.5 Å². The molecule has 2 aromatic rings. The number of amides is 1. The summed E-state index contributed by atoms with van der Waals surface area (Å²) in [6.07, 6.45) is 2.74. The molecule has 0 atom stereocenters. The van der Waals surface area contributed by atoms with E-state index in [9.17, 15) is 9.59 Å². The van der Waals surface area contributed by atoms with Gasteiger partial charge in [0.15, 0.2) is 0 Å². The van der Waals surface area contributed by atoms with Crippen molar-refractivity contribution in [1.29, 1.82) is 0 Å². The summed E-state index contributed by atoms with van der Waals surface area (Å²) in [5, 5.41) is 2.74. The molecule has 0 radical (unpaired) electrons. The highest BCUT2D eigenvalue weighted by atomic mass is 79.9. The number of carbonyl (C=O) groups excluding carboxylic acids is 1. The summed E-state index contributed by atoms with van der Waals surface area (Å²) in [7, 11) is 0. The molecule has 5 nitrogen and oxygen atoms in total. The Balaban J connectivity index is 2.10. The summed E-state index contributed by atoms with van der Waals surface area (Å²) in [5.74, 6) is -0.271. The van der Waals surface area contributed by atoms with E-state index in [1.165, 1.54) is 17.1 Å². The predicted octanol–water partition coefficient (Wildman–Crippen LogP) is 1.95. The number of nitrogens with zero attached hydrogens (tertiary/aromatic N) is 2. The van der Waals surface area contributed by atoms with Crippen molar-refractivity contribution in [2.75, 3.05) is 5.32 Å². The van der Waals surface area contributed by atoms with E-state index in [2.05, 4.69) is 26.2 Å². The summed E-state index contributed by atoms with van der Waals surface area (Å²) in [4.78, 5) is 27.4. The first kappa shape index (κ1) is 13.5. The zero-order valence-electron chi connectivity index (χ0n) is 10.3. The van der Waals surface area contributed by atoms with E-state index in [-0.39, 0.29) is 18.0 Å². The van der Waals surface area contributed by atoms with Crippen molar-refractivity contribution in [3.8, 4) is 0 Å². The number of benzene rings is 1. The zero-order chi connectivity index (χ0) is 13.8. The molecule has 0 fully saturated rings.